The van der Waals surface area contributed by atoms with Crippen LogP contribution in [0.2, 0.25) is 0 Å². The molecule has 0 bridgehead atoms. The van der Waals surface area contributed by atoms with Crippen molar-refractivity contribution in [3.05, 3.63) is 16.1 Å². The van der Waals surface area contributed by atoms with Gasteiger partial charge in [0.15, 0.2) is 0 Å². The fourth-order valence-corrected chi connectivity index (χ4v) is 3.07. The number of rotatable bonds is 7. The molecule has 2 rings (SSSR count). The number of aliphatic hydroxyl groups excluding tert-OH is 1. The Morgan fingerprint density at radius 2 is 2.41 bits per heavy atom. The first-order valence-electron chi connectivity index (χ1n) is 6.55. The average molecular weight is 254 g/mol. The molecule has 1 aliphatic rings. The summed E-state index contributed by atoms with van der Waals surface area (Å²) in [5, 5.41) is 13.6. The molecule has 1 aromatic heterocycles. The van der Waals surface area contributed by atoms with Gasteiger partial charge < -0.3 is 10.4 Å². The van der Waals surface area contributed by atoms with E-state index < -0.39 is 0 Å². The third-order valence-electron chi connectivity index (χ3n) is 3.44. The number of hydrogen-bond donors (Lipinski definition) is 2. The van der Waals surface area contributed by atoms with E-state index in [1.54, 1.807) is 0 Å². The van der Waals surface area contributed by atoms with E-state index in [1.807, 2.05) is 17.5 Å². The fraction of sp³-hybridized carbons (Fsp3) is 0.769. The summed E-state index contributed by atoms with van der Waals surface area (Å²) in [5.41, 5.74) is 0. The Labute approximate surface area is 107 Å². The second kappa shape index (κ2) is 6.47. The molecule has 4 heteroatoms. The molecule has 0 saturated heterocycles. The van der Waals surface area contributed by atoms with E-state index >= 15 is 0 Å². The van der Waals surface area contributed by atoms with E-state index in [2.05, 4.69) is 17.2 Å². The predicted octanol–water partition coefficient (Wildman–Crippen LogP) is 2.52. The van der Waals surface area contributed by atoms with Crippen LogP contribution in [0.1, 0.15) is 48.4 Å². The number of aliphatic hydroxyl groups is 1. The molecule has 1 saturated carbocycles. The minimum Gasteiger partial charge on any atom is -0.396 e. The molecule has 0 spiro atoms. The smallest absolute Gasteiger partial charge is 0.0959 e. The third kappa shape index (κ3) is 3.76. The lowest BCUT2D eigenvalue weighted by Gasteiger charge is -2.22. The van der Waals surface area contributed by atoms with Gasteiger partial charge in [0, 0.05) is 30.1 Å². The number of hydrogen-bond acceptors (Lipinski definition) is 4. The van der Waals surface area contributed by atoms with Gasteiger partial charge in [-0.3, -0.25) is 0 Å². The maximum absolute atomic E-state index is 8.82. The van der Waals surface area contributed by atoms with Gasteiger partial charge in [-0.05, 0) is 31.7 Å². The van der Waals surface area contributed by atoms with Crippen LogP contribution in [0.25, 0.3) is 0 Å². The van der Waals surface area contributed by atoms with Gasteiger partial charge in [-0.25, -0.2) is 4.98 Å². The first-order valence-corrected chi connectivity index (χ1v) is 7.37. The minimum absolute atomic E-state index is 0.287. The lowest BCUT2D eigenvalue weighted by Crippen LogP contribution is -2.20. The van der Waals surface area contributed by atoms with Crippen molar-refractivity contribution in [2.75, 3.05) is 13.2 Å². The molecule has 96 valence electrons. The SMILES string of the molecule is CC(CCO)CNCc1cnc(C2CCC2)s1. The summed E-state index contributed by atoms with van der Waals surface area (Å²) in [6.07, 6.45) is 6.92. The highest BCUT2D eigenvalue weighted by Crippen LogP contribution is 2.38. The second-order valence-corrected chi connectivity index (χ2v) is 6.19. The monoisotopic (exact) mass is 254 g/mol. The molecule has 1 aliphatic carbocycles. The molecule has 17 heavy (non-hydrogen) atoms. The summed E-state index contributed by atoms with van der Waals surface area (Å²) in [5.74, 6) is 1.29. The van der Waals surface area contributed by atoms with E-state index in [-0.39, 0.29) is 6.61 Å². The van der Waals surface area contributed by atoms with Gasteiger partial charge in [0.05, 0.1) is 5.01 Å². The zero-order valence-corrected chi connectivity index (χ0v) is 11.3. The first kappa shape index (κ1) is 13.0. The molecule has 1 atom stereocenters. The van der Waals surface area contributed by atoms with Crippen molar-refractivity contribution in [2.24, 2.45) is 5.92 Å². The molecular formula is C13H22N2OS. The van der Waals surface area contributed by atoms with Crippen LogP contribution in [-0.2, 0) is 6.54 Å². The van der Waals surface area contributed by atoms with Crippen molar-refractivity contribution in [3.8, 4) is 0 Å². The van der Waals surface area contributed by atoms with Crippen LogP contribution in [0, 0.1) is 5.92 Å². The number of aromatic nitrogens is 1. The average Bonchev–Trinajstić information content (AvgIpc) is 2.64. The van der Waals surface area contributed by atoms with Crippen molar-refractivity contribution in [1.29, 1.82) is 0 Å². The normalized spacial score (nSPS) is 18.0. The topological polar surface area (TPSA) is 45.1 Å². The molecule has 1 unspecified atom stereocenters. The Morgan fingerprint density at radius 1 is 1.59 bits per heavy atom. The first-order chi connectivity index (χ1) is 8.29. The van der Waals surface area contributed by atoms with E-state index in [0.717, 1.165) is 25.4 Å². The maximum atomic E-state index is 8.82. The zero-order valence-electron chi connectivity index (χ0n) is 10.5. The van der Waals surface area contributed by atoms with E-state index in [1.165, 1.54) is 29.1 Å². The van der Waals surface area contributed by atoms with Crippen molar-refractivity contribution < 1.29 is 5.11 Å². The Morgan fingerprint density at radius 3 is 3.06 bits per heavy atom. The summed E-state index contributed by atoms with van der Waals surface area (Å²) in [4.78, 5) is 5.85. The minimum atomic E-state index is 0.287. The summed E-state index contributed by atoms with van der Waals surface area (Å²) >= 11 is 1.86. The van der Waals surface area contributed by atoms with Gasteiger partial charge >= 0.3 is 0 Å². The summed E-state index contributed by atoms with van der Waals surface area (Å²) < 4.78 is 0. The van der Waals surface area contributed by atoms with Crippen molar-refractivity contribution >= 4 is 11.3 Å². The second-order valence-electron chi connectivity index (χ2n) is 5.04. The summed E-state index contributed by atoms with van der Waals surface area (Å²) in [6, 6.07) is 0. The van der Waals surface area contributed by atoms with E-state index in [9.17, 15) is 0 Å². The number of thiazole rings is 1. The van der Waals surface area contributed by atoms with E-state index in [0.29, 0.717) is 5.92 Å². The van der Waals surface area contributed by atoms with Gasteiger partial charge in [0.2, 0.25) is 0 Å². The molecule has 1 heterocycles. The molecule has 2 N–H and O–H groups in total. The molecule has 0 radical (unpaired) electrons. The Bertz CT molecular complexity index is 336. The van der Waals surface area contributed by atoms with Gasteiger partial charge in [0.25, 0.3) is 0 Å². The Hall–Kier alpha value is -0.450. The van der Waals surface area contributed by atoms with Gasteiger partial charge in [-0.1, -0.05) is 13.3 Å². The Kier molecular flexibility index (Phi) is 4.95. The van der Waals surface area contributed by atoms with Crippen LogP contribution in [0.15, 0.2) is 6.20 Å². The highest BCUT2D eigenvalue weighted by Gasteiger charge is 2.22. The molecule has 1 fully saturated rings. The summed E-state index contributed by atoms with van der Waals surface area (Å²) in [7, 11) is 0. The third-order valence-corrected chi connectivity index (χ3v) is 4.60. The van der Waals surface area contributed by atoms with Gasteiger partial charge in [-0.15, -0.1) is 11.3 Å². The molecule has 1 aromatic rings. The van der Waals surface area contributed by atoms with Crippen molar-refractivity contribution in [3.63, 3.8) is 0 Å². The number of nitrogens with one attached hydrogen (secondary N) is 1. The van der Waals surface area contributed by atoms with Crippen molar-refractivity contribution in [2.45, 2.75) is 45.1 Å². The summed E-state index contributed by atoms with van der Waals surface area (Å²) in [6.45, 7) is 4.34. The Balaban J connectivity index is 1.69. The van der Waals surface area contributed by atoms with Gasteiger partial charge in [-0.2, -0.15) is 0 Å². The van der Waals surface area contributed by atoms with Crippen LogP contribution in [-0.4, -0.2) is 23.2 Å². The largest absolute Gasteiger partial charge is 0.396 e. The highest BCUT2D eigenvalue weighted by molar-refractivity contribution is 7.11. The number of nitrogens with zero attached hydrogens (tertiary/aromatic N) is 1. The molecule has 3 nitrogen and oxygen atoms in total. The molecular weight excluding hydrogens is 232 g/mol. The lowest BCUT2D eigenvalue weighted by molar-refractivity contribution is 0.260. The van der Waals surface area contributed by atoms with Crippen molar-refractivity contribution in [1.82, 2.24) is 10.3 Å². The van der Waals surface area contributed by atoms with Crippen LogP contribution in [0.3, 0.4) is 0 Å². The van der Waals surface area contributed by atoms with Crippen LogP contribution >= 0.6 is 11.3 Å². The lowest BCUT2D eigenvalue weighted by atomic mass is 9.86. The fourth-order valence-electron chi connectivity index (χ4n) is 2.01. The van der Waals surface area contributed by atoms with E-state index in [4.69, 9.17) is 5.11 Å². The highest BCUT2D eigenvalue weighted by atomic mass is 32.1. The molecule has 0 amide bonds. The van der Waals surface area contributed by atoms with Crippen LogP contribution < -0.4 is 5.32 Å². The predicted molar refractivity (Wildman–Crippen MR) is 71.3 cm³/mol. The van der Waals surface area contributed by atoms with Gasteiger partial charge in [0.1, 0.15) is 0 Å². The van der Waals surface area contributed by atoms with Crippen LogP contribution in [0.5, 0.6) is 0 Å². The van der Waals surface area contributed by atoms with Crippen LogP contribution in [0.4, 0.5) is 0 Å². The quantitative estimate of drug-likeness (QED) is 0.786. The zero-order chi connectivity index (χ0) is 12.1. The molecule has 0 aliphatic heterocycles. The maximum Gasteiger partial charge on any atom is 0.0959 e. The molecule has 0 aromatic carbocycles. The standard InChI is InChI=1S/C13H22N2OS/c1-10(5-6-16)7-14-8-12-9-15-13(17-12)11-3-2-4-11/h9-11,14,16H,2-8H2,1H3.